The number of nitrogens with two attached hydrogens (primary N) is 2. The number of benzene rings is 1. The van der Waals surface area contributed by atoms with Crippen molar-refractivity contribution in [2.24, 2.45) is 11.6 Å². The van der Waals surface area contributed by atoms with Gasteiger partial charge in [0.25, 0.3) is 5.69 Å². The molecule has 10 heteroatoms. The van der Waals surface area contributed by atoms with E-state index in [9.17, 15) is 10.1 Å². The highest BCUT2D eigenvalue weighted by Gasteiger charge is 2.14. The largest absolute Gasteiger partial charge is 0.550 e. The Labute approximate surface area is 148 Å². The van der Waals surface area contributed by atoms with Crippen molar-refractivity contribution in [1.29, 1.82) is 5.41 Å². The number of nitro groups is 1. The molecule has 0 atom stereocenters. The van der Waals surface area contributed by atoms with Crippen LogP contribution in [0, 0.1) is 15.5 Å². The summed E-state index contributed by atoms with van der Waals surface area (Å²) in [6.45, 7) is 0.972. The molecular formula is C16H18N6O4. The molecule has 2 aromatic rings. The van der Waals surface area contributed by atoms with Crippen molar-refractivity contribution in [2.45, 2.75) is 6.92 Å². The van der Waals surface area contributed by atoms with E-state index < -0.39 is 10.9 Å². The normalized spacial score (nSPS) is 10.9. The summed E-state index contributed by atoms with van der Waals surface area (Å²) in [5.74, 6) is 4.07. The molecule has 0 saturated heterocycles. The van der Waals surface area contributed by atoms with Crippen LogP contribution in [0.5, 0.6) is 0 Å². The van der Waals surface area contributed by atoms with Gasteiger partial charge in [0, 0.05) is 23.9 Å². The Kier molecular flexibility index (Phi) is 7.24. The number of hydrazone groups is 1. The van der Waals surface area contributed by atoms with Crippen molar-refractivity contribution in [3.63, 3.8) is 0 Å². The molecule has 0 aliphatic carbocycles. The first-order valence-electron chi connectivity index (χ1n) is 7.22. The van der Waals surface area contributed by atoms with Crippen LogP contribution in [0.1, 0.15) is 12.6 Å². The van der Waals surface area contributed by atoms with Crippen LogP contribution in [0.25, 0.3) is 11.8 Å². The third kappa shape index (κ3) is 5.92. The molecule has 1 aromatic carbocycles. The Morgan fingerprint density at radius 1 is 1.27 bits per heavy atom. The Morgan fingerprint density at radius 2 is 1.88 bits per heavy atom. The fourth-order valence-corrected chi connectivity index (χ4v) is 1.89. The topological polar surface area (TPSA) is 167 Å². The molecular weight excluding hydrogens is 340 g/mol. The maximum atomic E-state index is 11.1. The van der Waals surface area contributed by atoms with E-state index in [1.54, 1.807) is 53.2 Å². The van der Waals surface area contributed by atoms with Crippen LogP contribution in [0.15, 0.2) is 48.7 Å². The smallest absolute Gasteiger partial charge is 0.403 e. The number of guanidine groups is 1. The molecule has 2 rings (SSSR count). The number of nitro benzene ring substituents is 1. The molecule has 0 aliphatic heterocycles. The summed E-state index contributed by atoms with van der Waals surface area (Å²) in [6.07, 6.45) is 6.45. The van der Waals surface area contributed by atoms with E-state index in [0.717, 1.165) is 17.3 Å². The lowest BCUT2D eigenvalue weighted by Gasteiger charge is -2.06. The summed E-state index contributed by atoms with van der Waals surface area (Å²) in [7, 11) is 0. The average Bonchev–Trinajstić information content (AvgIpc) is 3.02. The SMILES string of the molecule is CC(=O)[O-].N=C(N)[N+](N)=CC=Cc1cccn1-c1ccccc1[N+](=O)[O-]. The molecule has 1 heterocycles. The standard InChI is InChI=1S/C14H15N6O2.C2H4O2/c15-14(16)19(17)10-4-6-11-5-3-9-18(11)12-7-1-2-8-13(12)20(21)22;1-2(3)4/h1-10H,17H2,(H3,15,16);1H3,(H,3,4)/q+1;/p-1. The van der Waals surface area contributed by atoms with Crippen LogP contribution in [-0.2, 0) is 4.79 Å². The van der Waals surface area contributed by atoms with E-state index in [-0.39, 0.29) is 11.6 Å². The molecule has 0 aliphatic rings. The minimum atomic E-state index is -1.08. The fourth-order valence-electron chi connectivity index (χ4n) is 1.89. The Balaban J connectivity index is 0.000000765. The predicted molar refractivity (Wildman–Crippen MR) is 94.6 cm³/mol. The summed E-state index contributed by atoms with van der Waals surface area (Å²) in [5, 5.41) is 27.1. The maximum absolute atomic E-state index is 11.1. The van der Waals surface area contributed by atoms with Crippen LogP contribution in [0.4, 0.5) is 5.69 Å². The van der Waals surface area contributed by atoms with Crippen LogP contribution in [-0.4, -0.2) is 32.3 Å². The molecule has 10 nitrogen and oxygen atoms in total. The zero-order chi connectivity index (χ0) is 19.7. The second kappa shape index (κ2) is 9.37. The van der Waals surface area contributed by atoms with Gasteiger partial charge in [0.1, 0.15) is 5.69 Å². The minimum absolute atomic E-state index is 0.0153. The number of carboxylic acid groups (broad SMARTS) is 1. The average molecular weight is 358 g/mol. The third-order valence-electron chi connectivity index (χ3n) is 2.91. The molecule has 0 fully saturated rings. The lowest BCUT2D eigenvalue weighted by molar-refractivity contribution is -0.417. The summed E-state index contributed by atoms with van der Waals surface area (Å²) < 4.78 is 2.64. The summed E-state index contributed by atoms with van der Waals surface area (Å²) in [6, 6.07) is 10.1. The number of aromatic nitrogens is 1. The van der Waals surface area contributed by atoms with E-state index in [4.69, 9.17) is 26.9 Å². The molecule has 0 saturated carbocycles. The number of nitrogens with one attached hydrogen (secondary N) is 1. The quantitative estimate of drug-likeness (QED) is 0.174. The van der Waals surface area contributed by atoms with Gasteiger partial charge in [-0.15, -0.1) is 10.1 Å². The zero-order valence-electron chi connectivity index (χ0n) is 13.9. The van der Waals surface area contributed by atoms with Gasteiger partial charge in [0.15, 0.2) is 0 Å². The van der Waals surface area contributed by atoms with Gasteiger partial charge in [-0.05, 0) is 37.3 Å². The predicted octanol–water partition coefficient (Wildman–Crippen LogP) is 0.00537. The number of aliphatic carboxylic acids is 1. The number of hydrogen-bond acceptors (Lipinski definition) is 6. The first kappa shape index (κ1) is 20.1. The second-order valence-corrected chi connectivity index (χ2v) is 4.84. The highest BCUT2D eigenvalue weighted by molar-refractivity contribution is 5.79. The van der Waals surface area contributed by atoms with Gasteiger partial charge in [0.2, 0.25) is 0 Å². The minimum Gasteiger partial charge on any atom is -0.550 e. The molecule has 0 bridgehead atoms. The Bertz CT molecular complexity index is 865. The van der Waals surface area contributed by atoms with E-state index >= 15 is 0 Å². The van der Waals surface area contributed by atoms with Crippen LogP contribution >= 0.6 is 0 Å². The number of para-hydroxylation sites is 2. The zero-order valence-corrected chi connectivity index (χ0v) is 13.9. The monoisotopic (exact) mass is 358 g/mol. The van der Waals surface area contributed by atoms with Gasteiger partial charge in [0.05, 0.1) is 11.1 Å². The van der Waals surface area contributed by atoms with Crippen LogP contribution < -0.4 is 16.7 Å². The molecule has 1 aromatic heterocycles. The summed E-state index contributed by atoms with van der Waals surface area (Å²) in [4.78, 5) is 19.6. The van der Waals surface area contributed by atoms with E-state index in [1.165, 1.54) is 12.3 Å². The molecule has 5 N–H and O–H groups in total. The lowest BCUT2D eigenvalue weighted by Crippen LogP contribution is -2.33. The maximum Gasteiger partial charge on any atom is 0.403 e. The lowest BCUT2D eigenvalue weighted by atomic mass is 10.2. The molecule has 136 valence electrons. The van der Waals surface area contributed by atoms with Crippen molar-refractivity contribution >= 4 is 29.9 Å². The van der Waals surface area contributed by atoms with E-state index in [2.05, 4.69) is 0 Å². The van der Waals surface area contributed by atoms with E-state index in [1.807, 2.05) is 0 Å². The van der Waals surface area contributed by atoms with Crippen LogP contribution in [0.3, 0.4) is 0 Å². The highest BCUT2D eigenvalue weighted by Crippen LogP contribution is 2.24. The Hall–Kier alpha value is -3.95. The highest BCUT2D eigenvalue weighted by atomic mass is 16.6. The molecule has 0 radical (unpaired) electrons. The second-order valence-electron chi connectivity index (χ2n) is 4.84. The number of hydrazine groups is 1. The van der Waals surface area contributed by atoms with E-state index in [0.29, 0.717) is 5.69 Å². The number of nitrogens with zero attached hydrogens (tertiary/aromatic N) is 3. The van der Waals surface area contributed by atoms with Crippen molar-refractivity contribution in [3.05, 3.63) is 64.5 Å². The first-order valence-corrected chi connectivity index (χ1v) is 7.22. The summed E-state index contributed by atoms with van der Waals surface area (Å²) in [5.41, 5.74) is 6.41. The summed E-state index contributed by atoms with van der Waals surface area (Å²) >= 11 is 0. The van der Waals surface area contributed by atoms with Gasteiger partial charge in [-0.1, -0.05) is 12.1 Å². The first-order chi connectivity index (χ1) is 12.2. The Morgan fingerprint density at radius 3 is 2.46 bits per heavy atom. The van der Waals surface area contributed by atoms with Gasteiger partial charge in [-0.25, -0.2) is 0 Å². The van der Waals surface area contributed by atoms with Crippen molar-refractivity contribution in [3.8, 4) is 5.69 Å². The van der Waals surface area contributed by atoms with Gasteiger partial charge >= 0.3 is 5.96 Å². The number of allylic oxidation sites excluding steroid dienone is 1. The van der Waals surface area contributed by atoms with Gasteiger partial charge < -0.3 is 14.5 Å². The van der Waals surface area contributed by atoms with Crippen molar-refractivity contribution in [1.82, 2.24) is 4.57 Å². The number of rotatable bonds is 4. The number of carbonyl (C=O) groups excluding carboxylic acids is 1. The number of carboxylic acids is 1. The van der Waals surface area contributed by atoms with Gasteiger partial charge in [-0.2, -0.15) is 0 Å². The molecule has 0 amide bonds. The van der Waals surface area contributed by atoms with Crippen LogP contribution in [0.2, 0.25) is 0 Å². The van der Waals surface area contributed by atoms with Crippen molar-refractivity contribution in [2.75, 3.05) is 0 Å². The van der Waals surface area contributed by atoms with Crippen molar-refractivity contribution < 1.29 is 19.5 Å². The van der Waals surface area contributed by atoms with Gasteiger partial charge in [-0.3, -0.25) is 21.7 Å². The number of carbonyl (C=O) groups is 1. The molecule has 0 spiro atoms. The number of hydrogen-bond donors (Lipinski definition) is 3. The molecule has 0 unspecified atom stereocenters. The third-order valence-corrected chi connectivity index (χ3v) is 2.91. The molecule has 26 heavy (non-hydrogen) atoms. The fraction of sp³-hybridized carbons (Fsp3) is 0.0625.